The van der Waals surface area contributed by atoms with E-state index < -0.39 is 6.35 Å². The number of fused-ring (bicyclic) bond motifs is 1. The van der Waals surface area contributed by atoms with Gasteiger partial charge in [0, 0.05) is 35.7 Å². The highest BCUT2D eigenvalue weighted by molar-refractivity contribution is 7.18. The zero-order valence-corrected chi connectivity index (χ0v) is 20.8. The summed E-state index contributed by atoms with van der Waals surface area (Å²) in [7, 11) is 0. The van der Waals surface area contributed by atoms with Crippen LogP contribution in [-0.4, -0.2) is 33.3 Å². The van der Waals surface area contributed by atoms with Gasteiger partial charge in [-0.3, -0.25) is 10.1 Å². The number of nitrogens with zero attached hydrogens (tertiary/aromatic N) is 2. The molecular formula is C28H28N4O3S. The maximum absolute atomic E-state index is 12.1. The molecule has 3 atom stereocenters. The number of ether oxygens (including phenoxy) is 1. The first kappa shape index (κ1) is 23.1. The van der Waals surface area contributed by atoms with Crippen molar-refractivity contribution >= 4 is 33.2 Å². The Morgan fingerprint density at radius 3 is 2.78 bits per heavy atom. The van der Waals surface area contributed by atoms with E-state index >= 15 is 0 Å². The monoisotopic (exact) mass is 500 g/mol. The lowest BCUT2D eigenvalue weighted by atomic mass is 10.1. The number of aryl methyl sites for hydroxylation is 1. The number of carbonyl (C=O) groups is 1. The van der Waals surface area contributed by atoms with Crippen LogP contribution in [0.5, 0.6) is 11.6 Å². The lowest BCUT2D eigenvalue weighted by Crippen LogP contribution is -2.38. The highest BCUT2D eigenvalue weighted by Crippen LogP contribution is 2.41. The molecule has 2 fully saturated rings. The molecule has 0 spiro atoms. The summed E-state index contributed by atoms with van der Waals surface area (Å²) >= 11 is 1.44. The third kappa shape index (κ3) is 5.26. The van der Waals surface area contributed by atoms with Crippen LogP contribution in [0.3, 0.4) is 0 Å². The van der Waals surface area contributed by atoms with Crippen molar-refractivity contribution in [3.63, 3.8) is 0 Å². The average molecular weight is 501 g/mol. The number of aliphatic hydroxyl groups excluding tert-OH is 1. The van der Waals surface area contributed by atoms with Crippen molar-refractivity contribution in [2.24, 2.45) is 5.92 Å². The maximum atomic E-state index is 12.1. The second kappa shape index (κ2) is 9.61. The van der Waals surface area contributed by atoms with E-state index in [1.165, 1.54) is 16.9 Å². The molecule has 2 aliphatic rings. The van der Waals surface area contributed by atoms with Gasteiger partial charge in [-0.15, -0.1) is 0 Å². The molecule has 6 rings (SSSR count). The van der Waals surface area contributed by atoms with Crippen molar-refractivity contribution in [3.05, 3.63) is 76.8 Å². The Morgan fingerprint density at radius 1 is 1.14 bits per heavy atom. The van der Waals surface area contributed by atoms with Crippen LogP contribution in [-0.2, 0) is 11.2 Å². The van der Waals surface area contributed by atoms with E-state index in [0.717, 1.165) is 45.9 Å². The fourth-order valence-corrected chi connectivity index (χ4v) is 5.37. The number of hydrogen-bond donors (Lipinski definition) is 3. The van der Waals surface area contributed by atoms with Gasteiger partial charge in [0.05, 0.1) is 6.42 Å². The minimum absolute atomic E-state index is 0.232. The van der Waals surface area contributed by atoms with Gasteiger partial charge in [-0.1, -0.05) is 47.7 Å². The highest BCUT2D eigenvalue weighted by atomic mass is 32.1. The molecule has 2 aromatic heterocycles. The van der Waals surface area contributed by atoms with Crippen LogP contribution in [0, 0.1) is 12.8 Å². The summed E-state index contributed by atoms with van der Waals surface area (Å²) in [4.78, 5) is 22.1. The highest BCUT2D eigenvalue weighted by Gasteiger charge is 2.39. The Kier molecular flexibility index (Phi) is 6.17. The van der Waals surface area contributed by atoms with Gasteiger partial charge in [0.1, 0.15) is 26.9 Å². The molecule has 8 heteroatoms. The van der Waals surface area contributed by atoms with E-state index in [1.54, 1.807) is 6.07 Å². The molecule has 36 heavy (non-hydrogen) atoms. The van der Waals surface area contributed by atoms with E-state index in [0.29, 0.717) is 24.0 Å². The van der Waals surface area contributed by atoms with Crippen LogP contribution in [0.1, 0.15) is 41.3 Å². The van der Waals surface area contributed by atoms with Gasteiger partial charge in [0.25, 0.3) is 0 Å². The molecule has 0 aliphatic heterocycles. The van der Waals surface area contributed by atoms with Crippen LogP contribution in [0.2, 0.25) is 0 Å². The van der Waals surface area contributed by atoms with Gasteiger partial charge in [0.2, 0.25) is 5.88 Å². The number of aromatic nitrogens is 2. The van der Waals surface area contributed by atoms with Crippen molar-refractivity contribution < 1.29 is 14.6 Å². The Labute approximate surface area is 213 Å². The lowest BCUT2D eigenvalue weighted by molar-refractivity contribution is -0.119. The van der Waals surface area contributed by atoms with Crippen LogP contribution in [0.25, 0.3) is 10.3 Å². The number of rotatable bonds is 10. The normalized spacial score (nSPS) is 19.7. The fourth-order valence-electron chi connectivity index (χ4n) is 4.44. The third-order valence-electron chi connectivity index (χ3n) is 6.73. The molecule has 2 heterocycles. The number of benzene rings is 2. The molecular weight excluding hydrogens is 472 g/mol. The zero-order chi connectivity index (χ0) is 24.6. The van der Waals surface area contributed by atoms with Gasteiger partial charge in [0.15, 0.2) is 6.35 Å². The number of thiazole rings is 1. The summed E-state index contributed by atoms with van der Waals surface area (Å²) in [6.07, 6.45) is 2.54. The fraction of sp³-hybridized carbons (Fsp3) is 0.321. The first-order chi connectivity index (χ1) is 17.5. The van der Waals surface area contributed by atoms with Crippen molar-refractivity contribution in [1.29, 1.82) is 0 Å². The summed E-state index contributed by atoms with van der Waals surface area (Å²) in [5, 5.41) is 17.7. The summed E-state index contributed by atoms with van der Waals surface area (Å²) in [6, 6.07) is 20.0. The average Bonchev–Trinajstić information content (AvgIpc) is 3.79. The molecule has 0 bridgehead atoms. The van der Waals surface area contributed by atoms with Gasteiger partial charge >= 0.3 is 0 Å². The number of carbonyl (C=O) groups excluding carboxylic acids is 1. The number of Topliss-reactive ketones (excluding diaryl/α,β-unsaturated/α-hetero) is 1. The summed E-state index contributed by atoms with van der Waals surface area (Å²) in [6.45, 7) is 1.97. The molecule has 184 valence electrons. The van der Waals surface area contributed by atoms with Gasteiger partial charge in [-0.25, -0.2) is 9.97 Å². The SMILES string of the molecule is Cc1ccc(NC(O)N[C@@H]2C[C@H]2c2ccccc2)cc1Oc1ccc2nc(CC(=O)C3CC3)sc2n1. The van der Waals surface area contributed by atoms with Gasteiger partial charge in [-0.05, 0) is 49.4 Å². The quantitative estimate of drug-likeness (QED) is 0.259. The maximum Gasteiger partial charge on any atom is 0.220 e. The second-order valence-electron chi connectivity index (χ2n) is 9.65. The number of nitrogens with one attached hydrogen (secondary N) is 2. The standard InChI is InChI=1S/C28H28N4O3S/c1-16-7-10-19(29-28(34)31-22-14-20(22)17-5-3-2-4-6-17)13-24(16)35-25-12-11-21-27(32-25)36-26(30-21)15-23(33)18-8-9-18/h2-7,10-13,18,20,22,28-29,31,34H,8-9,14-15H2,1H3/t20-,22+,28?/m0/s1. The molecule has 3 N–H and O–H groups in total. The van der Waals surface area contributed by atoms with E-state index in [1.807, 2.05) is 49.4 Å². The Balaban J connectivity index is 1.09. The number of pyridine rings is 1. The number of aliphatic hydroxyl groups is 1. The molecule has 2 aliphatic carbocycles. The van der Waals surface area contributed by atoms with Crippen LogP contribution in [0.15, 0.2) is 60.7 Å². The van der Waals surface area contributed by atoms with Crippen molar-refractivity contribution in [1.82, 2.24) is 15.3 Å². The predicted octanol–water partition coefficient (Wildman–Crippen LogP) is 5.15. The van der Waals surface area contributed by atoms with Crippen LogP contribution < -0.4 is 15.4 Å². The Hall–Kier alpha value is -3.33. The lowest BCUT2D eigenvalue weighted by Gasteiger charge is -2.17. The van der Waals surface area contributed by atoms with Gasteiger partial charge in [-0.2, -0.15) is 0 Å². The van der Waals surface area contributed by atoms with Crippen molar-refractivity contribution in [2.75, 3.05) is 5.32 Å². The molecule has 7 nitrogen and oxygen atoms in total. The number of anilines is 1. The Bertz CT molecular complexity index is 1400. The summed E-state index contributed by atoms with van der Waals surface area (Å²) in [5.41, 5.74) is 3.77. The first-order valence-electron chi connectivity index (χ1n) is 12.3. The first-order valence-corrected chi connectivity index (χ1v) is 13.2. The molecule has 1 unspecified atom stereocenters. The minimum Gasteiger partial charge on any atom is -0.439 e. The molecule has 2 saturated carbocycles. The predicted molar refractivity (Wildman–Crippen MR) is 140 cm³/mol. The Morgan fingerprint density at radius 2 is 1.97 bits per heavy atom. The smallest absolute Gasteiger partial charge is 0.220 e. The summed E-state index contributed by atoms with van der Waals surface area (Å²) < 4.78 is 6.11. The van der Waals surface area contributed by atoms with E-state index in [9.17, 15) is 9.90 Å². The van der Waals surface area contributed by atoms with Gasteiger partial charge < -0.3 is 15.2 Å². The second-order valence-corrected chi connectivity index (χ2v) is 10.7. The molecule has 2 aromatic carbocycles. The van der Waals surface area contributed by atoms with Crippen LogP contribution >= 0.6 is 11.3 Å². The van der Waals surface area contributed by atoms with E-state index in [2.05, 4.69) is 32.7 Å². The minimum atomic E-state index is -0.872. The topological polar surface area (TPSA) is 96.4 Å². The molecule has 0 saturated heterocycles. The molecule has 0 amide bonds. The molecule has 4 aromatic rings. The van der Waals surface area contributed by atoms with Crippen LogP contribution in [0.4, 0.5) is 5.69 Å². The number of ketones is 1. The molecule has 0 radical (unpaired) electrons. The van der Waals surface area contributed by atoms with Crippen molar-refractivity contribution in [2.45, 2.75) is 50.9 Å². The number of hydrogen-bond acceptors (Lipinski definition) is 8. The largest absolute Gasteiger partial charge is 0.439 e. The summed E-state index contributed by atoms with van der Waals surface area (Å²) in [5.74, 6) is 2.06. The van der Waals surface area contributed by atoms with E-state index in [4.69, 9.17) is 4.74 Å². The van der Waals surface area contributed by atoms with Crippen molar-refractivity contribution in [3.8, 4) is 11.6 Å². The zero-order valence-electron chi connectivity index (χ0n) is 20.0. The third-order valence-corrected chi connectivity index (χ3v) is 7.69. The van der Waals surface area contributed by atoms with E-state index in [-0.39, 0.29) is 17.7 Å².